The van der Waals surface area contributed by atoms with Crippen molar-refractivity contribution < 1.29 is 0 Å². The van der Waals surface area contributed by atoms with Crippen molar-refractivity contribution in [3.05, 3.63) is 15.6 Å². The topological polar surface area (TPSA) is 24.9 Å². The molecule has 18 heavy (non-hydrogen) atoms. The summed E-state index contributed by atoms with van der Waals surface area (Å²) in [5.74, 6) is 2.43. The number of thioether (sulfide) groups is 1. The summed E-state index contributed by atoms with van der Waals surface area (Å²) < 4.78 is 0. The normalized spacial score (nSPS) is 12.9. The van der Waals surface area contributed by atoms with Gasteiger partial charge in [0.2, 0.25) is 0 Å². The van der Waals surface area contributed by atoms with Crippen LogP contribution in [0.2, 0.25) is 0 Å². The molecule has 0 aliphatic carbocycles. The van der Waals surface area contributed by atoms with E-state index in [2.05, 4.69) is 33.0 Å². The Labute approximate surface area is 120 Å². The zero-order valence-electron chi connectivity index (χ0n) is 12.1. The van der Waals surface area contributed by atoms with Crippen LogP contribution in [-0.2, 0) is 6.42 Å². The van der Waals surface area contributed by atoms with Crippen molar-refractivity contribution in [2.45, 2.75) is 53.0 Å². The number of hydrogen-bond donors (Lipinski definition) is 1. The first kappa shape index (κ1) is 16.0. The summed E-state index contributed by atoms with van der Waals surface area (Å²) in [6, 6.07) is 0.452. The fourth-order valence-electron chi connectivity index (χ4n) is 1.90. The van der Waals surface area contributed by atoms with E-state index in [-0.39, 0.29) is 0 Å². The van der Waals surface area contributed by atoms with Crippen LogP contribution in [0.1, 0.15) is 55.2 Å². The van der Waals surface area contributed by atoms with Gasteiger partial charge < -0.3 is 5.32 Å². The Bertz CT molecular complexity index is 337. The molecular weight excluding hydrogens is 260 g/mol. The van der Waals surface area contributed by atoms with Gasteiger partial charge in [0, 0.05) is 4.88 Å². The molecule has 2 nitrogen and oxygen atoms in total. The Morgan fingerprint density at radius 3 is 2.67 bits per heavy atom. The molecule has 0 fully saturated rings. The minimum Gasteiger partial charge on any atom is -0.308 e. The van der Waals surface area contributed by atoms with E-state index < -0.39 is 0 Å². The SMILES string of the molecule is CCCNC(CCSCC)c1nc(CC)c(C)s1. The van der Waals surface area contributed by atoms with Crippen molar-refractivity contribution in [2.24, 2.45) is 0 Å². The van der Waals surface area contributed by atoms with E-state index in [0.717, 1.165) is 13.0 Å². The number of nitrogens with zero attached hydrogens (tertiary/aromatic N) is 1. The summed E-state index contributed by atoms with van der Waals surface area (Å²) >= 11 is 3.89. The van der Waals surface area contributed by atoms with Gasteiger partial charge in [0.25, 0.3) is 0 Å². The molecule has 1 aromatic rings. The number of nitrogens with one attached hydrogen (secondary N) is 1. The molecular formula is C14H26N2S2. The molecule has 1 aromatic heterocycles. The van der Waals surface area contributed by atoms with Crippen LogP contribution >= 0.6 is 23.1 Å². The molecule has 1 rings (SSSR count). The molecule has 0 saturated heterocycles. The van der Waals surface area contributed by atoms with Gasteiger partial charge in [-0.15, -0.1) is 11.3 Å². The quantitative estimate of drug-likeness (QED) is 0.689. The molecule has 0 saturated carbocycles. The highest BCUT2D eigenvalue weighted by Crippen LogP contribution is 2.26. The molecule has 1 unspecified atom stereocenters. The Morgan fingerprint density at radius 1 is 1.33 bits per heavy atom. The van der Waals surface area contributed by atoms with Crippen LogP contribution in [0.15, 0.2) is 0 Å². The van der Waals surface area contributed by atoms with Crippen molar-refractivity contribution in [3.63, 3.8) is 0 Å². The predicted molar refractivity (Wildman–Crippen MR) is 84.9 cm³/mol. The Balaban J connectivity index is 2.66. The number of hydrogen-bond acceptors (Lipinski definition) is 4. The Morgan fingerprint density at radius 2 is 2.11 bits per heavy atom. The zero-order valence-corrected chi connectivity index (χ0v) is 13.7. The minimum atomic E-state index is 0.452. The Kier molecular flexibility index (Phi) is 7.95. The third kappa shape index (κ3) is 4.90. The van der Waals surface area contributed by atoms with E-state index in [1.165, 1.54) is 39.9 Å². The maximum atomic E-state index is 4.81. The lowest BCUT2D eigenvalue weighted by Crippen LogP contribution is -2.22. The van der Waals surface area contributed by atoms with Gasteiger partial charge >= 0.3 is 0 Å². The van der Waals surface area contributed by atoms with Gasteiger partial charge in [0.15, 0.2) is 0 Å². The van der Waals surface area contributed by atoms with Crippen LogP contribution < -0.4 is 5.32 Å². The second-order valence-corrected chi connectivity index (χ2v) is 7.03. The van der Waals surface area contributed by atoms with Crippen molar-refractivity contribution in [1.29, 1.82) is 0 Å². The molecule has 1 atom stereocenters. The van der Waals surface area contributed by atoms with E-state index in [0.29, 0.717) is 6.04 Å². The predicted octanol–water partition coefficient (Wildman–Crippen LogP) is 4.20. The number of thiazole rings is 1. The van der Waals surface area contributed by atoms with Crippen LogP contribution in [0, 0.1) is 6.92 Å². The molecule has 1 heterocycles. The average molecular weight is 287 g/mol. The highest BCUT2D eigenvalue weighted by molar-refractivity contribution is 7.99. The van der Waals surface area contributed by atoms with Gasteiger partial charge in [-0.25, -0.2) is 4.98 Å². The Hall–Kier alpha value is -0.0600. The van der Waals surface area contributed by atoms with E-state index in [1.54, 1.807) is 0 Å². The van der Waals surface area contributed by atoms with Gasteiger partial charge in [0.1, 0.15) is 5.01 Å². The fourth-order valence-corrected chi connectivity index (χ4v) is 3.72. The second kappa shape index (κ2) is 8.94. The molecule has 0 aliphatic heterocycles. The summed E-state index contributed by atoms with van der Waals surface area (Å²) in [7, 11) is 0. The summed E-state index contributed by atoms with van der Waals surface area (Å²) in [6.07, 6.45) is 3.42. The van der Waals surface area contributed by atoms with Gasteiger partial charge in [0.05, 0.1) is 11.7 Å². The maximum Gasteiger partial charge on any atom is 0.110 e. The molecule has 0 bridgehead atoms. The fraction of sp³-hybridized carbons (Fsp3) is 0.786. The number of rotatable bonds is 9. The molecule has 0 spiro atoms. The van der Waals surface area contributed by atoms with Crippen LogP contribution in [0.25, 0.3) is 0 Å². The van der Waals surface area contributed by atoms with E-state index in [4.69, 9.17) is 4.98 Å². The van der Waals surface area contributed by atoms with Gasteiger partial charge in [-0.3, -0.25) is 0 Å². The maximum absolute atomic E-state index is 4.81. The highest BCUT2D eigenvalue weighted by atomic mass is 32.2. The lowest BCUT2D eigenvalue weighted by Gasteiger charge is -2.15. The third-order valence-electron chi connectivity index (χ3n) is 2.94. The van der Waals surface area contributed by atoms with Crippen molar-refractivity contribution >= 4 is 23.1 Å². The van der Waals surface area contributed by atoms with Gasteiger partial charge in [-0.1, -0.05) is 20.8 Å². The minimum absolute atomic E-state index is 0.452. The molecule has 0 radical (unpaired) electrons. The first-order valence-electron chi connectivity index (χ1n) is 7.00. The van der Waals surface area contributed by atoms with Crippen LogP contribution in [-0.4, -0.2) is 23.0 Å². The van der Waals surface area contributed by atoms with Crippen LogP contribution in [0.3, 0.4) is 0 Å². The standard InChI is InChI=1S/C14H26N2S2/c1-5-9-15-13(8-10-17-7-3)14-16-12(6-2)11(4)18-14/h13,15H,5-10H2,1-4H3. The molecule has 0 aliphatic rings. The summed E-state index contributed by atoms with van der Waals surface area (Å²) in [5.41, 5.74) is 1.28. The van der Waals surface area contributed by atoms with Gasteiger partial charge in [-0.05, 0) is 44.2 Å². The average Bonchev–Trinajstić information content (AvgIpc) is 2.75. The lowest BCUT2D eigenvalue weighted by atomic mass is 10.2. The second-order valence-electron chi connectivity index (χ2n) is 4.40. The van der Waals surface area contributed by atoms with E-state index in [9.17, 15) is 0 Å². The summed E-state index contributed by atoms with van der Waals surface area (Å²) in [4.78, 5) is 6.19. The van der Waals surface area contributed by atoms with Crippen molar-refractivity contribution in [3.8, 4) is 0 Å². The highest BCUT2D eigenvalue weighted by Gasteiger charge is 2.16. The van der Waals surface area contributed by atoms with Gasteiger partial charge in [-0.2, -0.15) is 11.8 Å². The largest absolute Gasteiger partial charge is 0.308 e. The zero-order chi connectivity index (χ0) is 13.4. The monoisotopic (exact) mass is 286 g/mol. The summed E-state index contributed by atoms with van der Waals surface area (Å²) in [5, 5.41) is 4.93. The van der Waals surface area contributed by atoms with E-state index >= 15 is 0 Å². The molecule has 0 aromatic carbocycles. The van der Waals surface area contributed by atoms with Crippen molar-refractivity contribution in [1.82, 2.24) is 10.3 Å². The molecule has 4 heteroatoms. The van der Waals surface area contributed by atoms with E-state index in [1.807, 2.05) is 23.1 Å². The third-order valence-corrected chi connectivity index (χ3v) is 5.00. The smallest absolute Gasteiger partial charge is 0.110 e. The first-order chi connectivity index (χ1) is 8.72. The van der Waals surface area contributed by atoms with Crippen LogP contribution in [0.5, 0.6) is 0 Å². The molecule has 0 amide bonds. The first-order valence-corrected chi connectivity index (χ1v) is 8.97. The number of aryl methyl sites for hydroxylation is 2. The molecule has 104 valence electrons. The molecule has 1 N–H and O–H groups in total. The number of aromatic nitrogens is 1. The van der Waals surface area contributed by atoms with Crippen LogP contribution in [0.4, 0.5) is 0 Å². The summed E-state index contributed by atoms with van der Waals surface area (Å²) in [6.45, 7) is 9.91. The lowest BCUT2D eigenvalue weighted by molar-refractivity contribution is 0.518. The van der Waals surface area contributed by atoms with Crippen molar-refractivity contribution in [2.75, 3.05) is 18.1 Å².